The molecule has 4 aromatic rings. The summed E-state index contributed by atoms with van der Waals surface area (Å²) in [4.78, 5) is 44.2. The molecule has 2 aliphatic heterocycles. The number of fused-ring (bicyclic) bond motifs is 1. The molecule has 6 rings (SSSR count). The molecule has 2 aromatic carbocycles. The molecule has 4 heterocycles. The predicted molar refractivity (Wildman–Crippen MR) is 137 cm³/mol. The Morgan fingerprint density at radius 1 is 1.08 bits per heavy atom. The van der Waals surface area contributed by atoms with Gasteiger partial charge < -0.3 is 15.5 Å². The second kappa shape index (κ2) is 9.40. The third kappa shape index (κ3) is 4.46. The molecule has 0 fully saturated rings. The number of halogens is 1. The fraction of sp³-hybridized carbons (Fsp3) is 0.269. The Balaban J connectivity index is 1.08. The monoisotopic (exact) mass is 518 g/mol. The van der Waals surface area contributed by atoms with Gasteiger partial charge in [0.1, 0.15) is 5.82 Å². The van der Waals surface area contributed by atoms with Crippen LogP contribution in [0.1, 0.15) is 29.7 Å². The minimum atomic E-state index is -0.740. The molecule has 0 unspecified atom stereocenters. The van der Waals surface area contributed by atoms with Crippen LogP contribution < -0.4 is 15.5 Å². The fourth-order valence-electron chi connectivity index (χ4n) is 4.94. The van der Waals surface area contributed by atoms with Crippen molar-refractivity contribution in [3.05, 3.63) is 64.4 Å². The van der Waals surface area contributed by atoms with Crippen LogP contribution in [0.15, 0.2) is 41.8 Å². The zero-order valence-corrected chi connectivity index (χ0v) is 20.6. The van der Waals surface area contributed by atoms with E-state index < -0.39 is 11.8 Å². The molecule has 0 bridgehead atoms. The largest absolute Gasteiger partial charge is 0.347 e. The van der Waals surface area contributed by atoms with E-state index in [1.54, 1.807) is 16.6 Å². The number of benzene rings is 2. The first-order valence-electron chi connectivity index (χ1n) is 12.1. The molecule has 0 spiro atoms. The molecule has 3 amide bonds. The van der Waals surface area contributed by atoms with Gasteiger partial charge in [-0.3, -0.25) is 14.4 Å². The number of nitrogens with zero attached hydrogens (tertiary/aromatic N) is 4. The lowest BCUT2D eigenvalue weighted by molar-refractivity contribution is -0.136. The average molecular weight is 519 g/mol. The number of hydrogen-bond donors (Lipinski definition) is 2. The summed E-state index contributed by atoms with van der Waals surface area (Å²) in [7, 11) is 0. The molecule has 11 heteroatoms. The van der Waals surface area contributed by atoms with E-state index in [1.807, 2.05) is 22.4 Å². The standard InChI is InChI=1S/C26H23FN6O3S/c27-18-5-1-3-17(11-18)23-30-26-33(31-23)20(14-37-26)8-9-28-24(35)25(36)29-19-12-15-4-2-10-32-21(34)7-6-16(13-19)22(15)32/h1,3,5,11-14H,2,4,6-10H2,(H,28,35)(H,29,36). The number of rotatable bonds is 5. The molecule has 2 N–H and O–H groups in total. The van der Waals surface area contributed by atoms with Gasteiger partial charge >= 0.3 is 11.8 Å². The van der Waals surface area contributed by atoms with Gasteiger partial charge in [-0.2, -0.15) is 4.98 Å². The predicted octanol–water partition coefficient (Wildman–Crippen LogP) is 3.12. The zero-order valence-electron chi connectivity index (χ0n) is 19.8. The maximum atomic E-state index is 13.6. The highest BCUT2D eigenvalue weighted by Crippen LogP contribution is 2.37. The van der Waals surface area contributed by atoms with Crippen molar-refractivity contribution in [1.82, 2.24) is 19.9 Å². The van der Waals surface area contributed by atoms with Gasteiger partial charge in [-0.05, 0) is 54.7 Å². The van der Waals surface area contributed by atoms with Crippen molar-refractivity contribution in [3.8, 4) is 11.4 Å². The highest BCUT2D eigenvalue weighted by atomic mass is 32.1. The number of aromatic nitrogens is 3. The van der Waals surface area contributed by atoms with Crippen LogP contribution >= 0.6 is 11.3 Å². The van der Waals surface area contributed by atoms with Crippen molar-refractivity contribution in [2.75, 3.05) is 23.3 Å². The Labute approximate surface area is 215 Å². The molecule has 0 saturated heterocycles. The van der Waals surface area contributed by atoms with Gasteiger partial charge in [-0.1, -0.05) is 12.1 Å². The minimum Gasteiger partial charge on any atom is -0.347 e. The van der Waals surface area contributed by atoms with E-state index in [9.17, 15) is 18.8 Å². The van der Waals surface area contributed by atoms with Gasteiger partial charge in [-0.15, -0.1) is 16.4 Å². The molecule has 37 heavy (non-hydrogen) atoms. The highest BCUT2D eigenvalue weighted by Gasteiger charge is 2.30. The van der Waals surface area contributed by atoms with Crippen LogP contribution in [0.5, 0.6) is 0 Å². The minimum absolute atomic E-state index is 0.142. The Kier molecular flexibility index (Phi) is 5.91. The lowest BCUT2D eigenvalue weighted by atomic mass is 9.91. The van der Waals surface area contributed by atoms with Crippen molar-refractivity contribution >= 4 is 45.4 Å². The molecule has 2 aromatic heterocycles. The molecule has 0 radical (unpaired) electrons. The van der Waals surface area contributed by atoms with E-state index in [2.05, 4.69) is 20.7 Å². The van der Waals surface area contributed by atoms with E-state index in [1.165, 1.54) is 23.5 Å². The second-order valence-electron chi connectivity index (χ2n) is 9.12. The van der Waals surface area contributed by atoms with Gasteiger partial charge in [0, 0.05) is 42.6 Å². The van der Waals surface area contributed by atoms with Crippen molar-refractivity contribution in [1.29, 1.82) is 0 Å². The van der Waals surface area contributed by atoms with E-state index in [0.717, 1.165) is 41.9 Å². The highest BCUT2D eigenvalue weighted by molar-refractivity contribution is 7.15. The third-order valence-corrected chi connectivity index (χ3v) is 7.50. The van der Waals surface area contributed by atoms with Gasteiger partial charge in [-0.25, -0.2) is 8.91 Å². The Morgan fingerprint density at radius 2 is 1.92 bits per heavy atom. The number of thiazole rings is 1. The number of aryl methyl sites for hydroxylation is 2. The van der Waals surface area contributed by atoms with Crippen LogP contribution in [-0.2, 0) is 33.6 Å². The lowest BCUT2D eigenvalue weighted by Gasteiger charge is -2.35. The number of carbonyl (C=O) groups excluding carboxylic acids is 3. The summed E-state index contributed by atoms with van der Waals surface area (Å²) < 4.78 is 15.2. The normalized spacial score (nSPS) is 14.5. The van der Waals surface area contributed by atoms with Crippen LogP contribution in [0.3, 0.4) is 0 Å². The maximum Gasteiger partial charge on any atom is 0.313 e. The fourth-order valence-corrected chi connectivity index (χ4v) is 5.80. The number of hydrogen-bond acceptors (Lipinski definition) is 6. The summed E-state index contributed by atoms with van der Waals surface area (Å²) >= 11 is 1.40. The van der Waals surface area contributed by atoms with Crippen LogP contribution in [0, 0.1) is 5.82 Å². The first-order chi connectivity index (χ1) is 18.0. The van der Waals surface area contributed by atoms with E-state index in [4.69, 9.17) is 0 Å². The molecule has 0 aliphatic carbocycles. The van der Waals surface area contributed by atoms with Crippen molar-refractivity contribution < 1.29 is 18.8 Å². The Hall–Kier alpha value is -4.12. The summed E-state index contributed by atoms with van der Waals surface area (Å²) in [5, 5.41) is 11.7. The van der Waals surface area contributed by atoms with Crippen molar-refractivity contribution in [2.45, 2.75) is 32.1 Å². The second-order valence-corrected chi connectivity index (χ2v) is 9.96. The molecule has 188 valence electrons. The number of anilines is 2. The van der Waals surface area contributed by atoms with Crippen LogP contribution in [0.4, 0.5) is 15.8 Å². The summed E-state index contributed by atoms with van der Waals surface area (Å²) in [6.45, 7) is 0.962. The third-order valence-electron chi connectivity index (χ3n) is 6.64. The van der Waals surface area contributed by atoms with Crippen LogP contribution in [-0.4, -0.2) is 45.4 Å². The molecule has 0 atom stereocenters. The summed E-state index contributed by atoms with van der Waals surface area (Å²) in [6, 6.07) is 9.81. The zero-order chi connectivity index (χ0) is 25.5. The lowest BCUT2D eigenvalue weighted by Crippen LogP contribution is -2.39. The topological polar surface area (TPSA) is 109 Å². The van der Waals surface area contributed by atoms with Crippen molar-refractivity contribution in [3.63, 3.8) is 0 Å². The molecule has 9 nitrogen and oxygen atoms in total. The SMILES string of the molecule is O=C(NCCc1csc2nc(-c3cccc(F)c3)nn12)C(=O)Nc1cc2c3c(c1)CCC(=O)N3CCC2. The average Bonchev–Trinajstić information content (AvgIpc) is 3.48. The van der Waals surface area contributed by atoms with Crippen molar-refractivity contribution in [2.24, 2.45) is 0 Å². The summed E-state index contributed by atoms with van der Waals surface area (Å²) in [6.07, 6.45) is 3.24. The van der Waals surface area contributed by atoms with Gasteiger partial charge in [0.15, 0.2) is 5.82 Å². The first-order valence-corrected chi connectivity index (χ1v) is 13.0. The van der Waals surface area contributed by atoms with Gasteiger partial charge in [0.05, 0.1) is 11.4 Å². The molecular weight excluding hydrogens is 495 g/mol. The van der Waals surface area contributed by atoms with Crippen LogP contribution in [0.2, 0.25) is 0 Å². The number of amides is 3. The quantitative estimate of drug-likeness (QED) is 0.395. The van der Waals surface area contributed by atoms with Crippen LogP contribution in [0.25, 0.3) is 16.3 Å². The summed E-state index contributed by atoms with van der Waals surface area (Å²) in [5.74, 6) is -1.26. The Bertz CT molecular complexity index is 1540. The molecule has 2 aliphatic rings. The van der Waals surface area contributed by atoms with Gasteiger partial charge in [0.25, 0.3) is 0 Å². The molecule has 0 saturated carbocycles. The maximum absolute atomic E-state index is 13.6. The van der Waals surface area contributed by atoms with Gasteiger partial charge in [0.2, 0.25) is 10.9 Å². The summed E-state index contributed by atoms with van der Waals surface area (Å²) in [5.41, 5.74) is 5.00. The van der Waals surface area contributed by atoms with E-state index >= 15 is 0 Å². The number of nitrogens with one attached hydrogen (secondary N) is 2. The first kappa shape index (κ1) is 23.3. The number of carbonyl (C=O) groups is 3. The van der Waals surface area contributed by atoms with E-state index in [-0.39, 0.29) is 18.3 Å². The molecular formula is C26H23FN6O3S. The Morgan fingerprint density at radius 3 is 2.76 bits per heavy atom. The smallest absolute Gasteiger partial charge is 0.313 e. The van der Waals surface area contributed by atoms with E-state index in [0.29, 0.717) is 41.3 Å².